The van der Waals surface area contributed by atoms with E-state index in [0.29, 0.717) is 12.5 Å². The van der Waals surface area contributed by atoms with Crippen LogP contribution in [0.5, 0.6) is 5.75 Å². The molecule has 1 aromatic heterocycles. The summed E-state index contributed by atoms with van der Waals surface area (Å²) in [5.41, 5.74) is 0. The lowest BCUT2D eigenvalue weighted by Gasteiger charge is -2.41. The molecule has 0 aromatic carbocycles. The summed E-state index contributed by atoms with van der Waals surface area (Å²) in [7, 11) is 3.91. The number of anilines is 1. The largest absolute Gasteiger partial charge is 0.485 e. The molecule has 23 heavy (non-hydrogen) atoms. The first-order valence-corrected chi connectivity index (χ1v) is 9.42. The number of hydrogen-bond donors (Lipinski definition) is 0. The van der Waals surface area contributed by atoms with Gasteiger partial charge in [0.15, 0.2) is 11.6 Å². The maximum atomic E-state index is 12.8. The fourth-order valence-electron chi connectivity index (χ4n) is 3.29. The normalized spacial score (nSPS) is 22.6. The summed E-state index contributed by atoms with van der Waals surface area (Å²) in [5, 5.41) is 0. The van der Waals surface area contributed by atoms with Crippen LogP contribution < -0.4 is 9.64 Å². The molecule has 3 rings (SSSR count). The van der Waals surface area contributed by atoms with Crippen LogP contribution in [0.2, 0.25) is 0 Å². The minimum Gasteiger partial charge on any atom is -0.485 e. The van der Waals surface area contributed by atoms with Gasteiger partial charge in [0.2, 0.25) is 5.91 Å². The van der Waals surface area contributed by atoms with Gasteiger partial charge in [-0.2, -0.15) is 0 Å². The monoisotopic (exact) mass is 335 g/mol. The number of amides is 1. The van der Waals surface area contributed by atoms with Crippen LogP contribution in [-0.2, 0) is 4.79 Å². The number of nitrogens with zero attached hydrogens (tertiary/aromatic N) is 3. The Hall–Kier alpha value is -1.43. The summed E-state index contributed by atoms with van der Waals surface area (Å²) in [4.78, 5) is 21.1. The highest BCUT2D eigenvalue weighted by atomic mass is 32.2. The molecule has 1 aromatic rings. The summed E-state index contributed by atoms with van der Waals surface area (Å²) in [6.07, 6.45) is 7.97. The van der Waals surface area contributed by atoms with Crippen molar-refractivity contribution < 1.29 is 9.53 Å². The molecule has 2 aliphatic rings. The number of carbonyl (C=O) groups excluding carboxylic acids is 1. The van der Waals surface area contributed by atoms with E-state index in [0.717, 1.165) is 37.4 Å². The van der Waals surface area contributed by atoms with Crippen LogP contribution in [-0.4, -0.2) is 60.1 Å². The van der Waals surface area contributed by atoms with Gasteiger partial charge in [0.25, 0.3) is 0 Å². The Morgan fingerprint density at radius 3 is 2.87 bits per heavy atom. The first kappa shape index (κ1) is 16.4. The smallest absolute Gasteiger partial charge is 0.238 e. The van der Waals surface area contributed by atoms with Crippen LogP contribution >= 0.6 is 11.8 Å². The Labute approximate surface area is 142 Å². The molecule has 126 valence electrons. The van der Waals surface area contributed by atoms with Crippen molar-refractivity contribution in [3.63, 3.8) is 0 Å². The minimum atomic E-state index is -0.155. The molecule has 2 fully saturated rings. The topological polar surface area (TPSA) is 45.7 Å². The van der Waals surface area contributed by atoms with E-state index in [9.17, 15) is 4.79 Å². The molecule has 1 atom stereocenters. The predicted molar refractivity (Wildman–Crippen MR) is 94.3 cm³/mol. The van der Waals surface area contributed by atoms with Crippen molar-refractivity contribution in [2.75, 3.05) is 38.3 Å². The van der Waals surface area contributed by atoms with Gasteiger partial charge in [0.1, 0.15) is 6.10 Å². The molecule has 1 amide bonds. The van der Waals surface area contributed by atoms with E-state index in [2.05, 4.69) is 11.2 Å². The molecular weight excluding hydrogens is 310 g/mol. The molecule has 1 aliphatic heterocycles. The predicted octanol–water partition coefficient (Wildman–Crippen LogP) is 2.41. The van der Waals surface area contributed by atoms with Crippen molar-refractivity contribution in [3.8, 4) is 5.75 Å². The number of hydrogen-bond acceptors (Lipinski definition) is 5. The van der Waals surface area contributed by atoms with Gasteiger partial charge in [0, 0.05) is 33.3 Å². The molecule has 1 saturated carbocycles. The second-order valence-electron chi connectivity index (χ2n) is 6.55. The van der Waals surface area contributed by atoms with Gasteiger partial charge < -0.3 is 14.5 Å². The first-order valence-electron chi connectivity index (χ1n) is 8.19. The molecule has 0 radical (unpaired) electrons. The number of ether oxygens (including phenoxy) is 1. The summed E-state index contributed by atoms with van der Waals surface area (Å²) >= 11 is 1.72. The molecule has 0 unspecified atom stereocenters. The lowest BCUT2D eigenvalue weighted by molar-refractivity contribution is -0.135. The maximum Gasteiger partial charge on any atom is 0.238 e. The Balaban J connectivity index is 1.63. The van der Waals surface area contributed by atoms with E-state index in [-0.39, 0.29) is 10.9 Å². The molecule has 1 aliphatic carbocycles. The average molecular weight is 335 g/mol. The van der Waals surface area contributed by atoms with Crippen molar-refractivity contribution in [2.24, 2.45) is 0 Å². The van der Waals surface area contributed by atoms with Crippen LogP contribution in [0.1, 0.15) is 25.7 Å². The lowest BCUT2D eigenvalue weighted by Crippen LogP contribution is -2.50. The Bertz CT molecular complexity index is 569. The third-order valence-electron chi connectivity index (χ3n) is 4.84. The summed E-state index contributed by atoms with van der Waals surface area (Å²) in [5.74, 6) is 1.93. The zero-order valence-electron chi connectivity index (χ0n) is 14.1. The van der Waals surface area contributed by atoms with E-state index in [4.69, 9.17) is 4.74 Å². The molecule has 6 heteroatoms. The maximum absolute atomic E-state index is 12.8. The number of likely N-dealkylation sites (tertiary alicyclic amines) is 1. The van der Waals surface area contributed by atoms with Crippen LogP contribution in [0.3, 0.4) is 0 Å². The van der Waals surface area contributed by atoms with Gasteiger partial charge in [-0.15, -0.1) is 11.8 Å². The quantitative estimate of drug-likeness (QED) is 0.827. The number of rotatable bonds is 5. The van der Waals surface area contributed by atoms with Crippen LogP contribution in [0.4, 0.5) is 5.82 Å². The van der Waals surface area contributed by atoms with Gasteiger partial charge in [-0.25, -0.2) is 4.98 Å². The number of thioether (sulfide) groups is 1. The highest BCUT2D eigenvalue weighted by molar-refractivity contribution is 8.00. The SMILES string of the molecule is CSC1(C(=O)N2CC[C@@H](Oc3cccnc3N(C)C)C2)CCC1. The van der Waals surface area contributed by atoms with Crippen LogP contribution in [0, 0.1) is 0 Å². The third kappa shape index (κ3) is 3.13. The standard InChI is InChI=1S/C17H25N3O2S/c1-19(2)15-14(6-4-10-18-15)22-13-7-11-20(12-13)16(21)17(23-3)8-5-9-17/h4,6,10,13H,5,7-9,11-12H2,1-3H3/t13-/m1/s1. The minimum absolute atomic E-state index is 0.0563. The zero-order valence-corrected chi connectivity index (χ0v) is 14.9. The molecule has 0 N–H and O–H groups in total. The van der Waals surface area contributed by atoms with Crippen molar-refractivity contribution in [2.45, 2.75) is 36.5 Å². The fraction of sp³-hybridized carbons (Fsp3) is 0.647. The number of carbonyl (C=O) groups is 1. The second-order valence-corrected chi connectivity index (χ2v) is 7.74. The van der Waals surface area contributed by atoms with E-state index in [1.165, 1.54) is 6.42 Å². The van der Waals surface area contributed by atoms with Crippen molar-refractivity contribution in [1.82, 2.24) is 9.88 Å². The lowest BCUT2D eigenvalue weighted by atomic mass is 9.83. The Morgan fingerprint density at radius 2 is 2.26 bits per heavy atom. The third-order valence-corrected chi connectivity index (χ3v) is 6.21. The second kappa shape index (κ2) is 6.59. The average Bonchev–Trinajstić information content (AvgIpc) is 2.95. The Morgan fingerprint density at radius 1 is 1.48 bits per heavy atom. The molecular formula is C17H25N3O2S. The van der Waals surface area contributed by atoms with Gasteiger partial charge in [-0.3, -0.25) is 4.79 Å². The van der Waals surface area contributed by atoms with Crippen LogP contribution in [0.15, 0.2) is 18.3 Å². The van der Waals surface area contributed by atoms with E-state index in [1.807, 2.05) is 36.0 Å². The van der Waals surface area contributed by atoms with Crippen molar-refractivity contribution in [1.29, 1.82) is 0 Å². The van der Waals surface area contributed by atoms with Gasteiger partial charge in [-0.1, -0.05) is 0 Å². The summed E-state index contributed by atoms with van der Waals surface area (Å²) in [6, 6.07) is 3.83. The number of aromatic nitrogens is 1. The van der Waals surface area contributed by atoms with Gasteiger partial charge >= 0.3 is 0 Å². The molecule has 0 spiro atoms. The van der Waals surface area contributed by atoms with Crippen molar-refractivity contribution >= 4 is 23.5 Å². The Kier molecular flexibility index (Phi) is 4.71. The zero-order chi connectivity index (χ0) is 16.4. The van der Waals surface area contributed by atoms with E-state index >= 15 is 0 Å². The first-order chi connectivity index (χ1) is 11.1. The van der Waals surface area contributed by atoms with Gasteiger partial charge in [0.05, 0.1) is 11.3 Å². The fourth-order valence-corrected chi connectivity index (χ4v) is 4.29. The van der Waals surface area contributed by atoms with E-state index in [1.54, 1.807) is 18.0 Å². The highest BCUT2D eigenvalue weighted by Crippen LogP contribution is 2.44. The molecule has 0 bridgehead atoms. The summed E-state index contributed by atoms with van der Waals surface area (Å²) < 4.78 is 5.99. The number of pyridine rings is 1. The molecule has 1 saturated heterocycles. The van der Waals surface area contributed by atoms with Crippen molar-refractivity contribution in [3.05, 3.63) is 18.3 Å². The molecule has 2 heterocycles. The summed E-state index contributed by atoms with van der Waals surface area (Å²) in [6.45, 7) is 1.48. The molecule has 5 nitrogen and oxygen atoms in total. The van der Waals surface area contributed by atoms with Gasteiger partial charge in [-0.05, 0) is 37.7 Å². The highest BCUT2D eigenvalue weighted by Gasteiger charge is 2.47. The van der Waals surface area contributed by atoms with E-state index < -0.39 is 0 Å². The van der Waals surface area contributed by atoms with Crippen LogP contribution in [0.25, 0.3) is 0 Å².